The number of rotatable bonds is 8. The molecule has 182 valence electrons. The number of ether oxygens (including phenoxy) is 1. The smallest absolute Gasteiger partial charge is 0.328 e. The van der Waals surface area contributed by atoms with E-state index in [1.54, 1.807) is 18.2 Å². The van der Waals surface area contributed by atoms with Gasteiger partial charge in [0.05, 0.1) is 7.11 Å². The Morgan fingerprint density at radius 3 is 1.53 bits per heavy atom. The van der Waals surface area contributed by atoms with Crippen LogP contribution >= 0.6 is 23.2 Å². The summed E-state index contributed by atoms with van der Waals surface area (Å²) in [5, 5.41) is 3.79. The van der Waals surface area contributed by atoms with E-state index in [0.29, 0.717) is 15.6 Å². The second kappa shape index (κ2) is 11.4. The highest BCUT2D eigenvalue weighted by Crippen LogP contribution is 2.40. The molecule has 0 bridgehead atoms. The third kappa shape index (κ3) is 5.01. The van der Waals surface area contributed by atoms with Crippen LogP contribution in [-0.2, 0) is 26.2 Å². The van der Waals surface area contributed by atoms with E-state index in [0.717, 1.165) is 16.7 Å². The average molecular weight is 518 g/mol. The molecular weight excluding hydrogens is 493 g/mol. The third-order valence-corrected chi connectivity index (χ3v) is 6.93. The summed E-state index contributed by atoms with van der Waals surface area (Å²) in [6.07, 6.45) is 0.0748. The molecule has 1 amide bonds. The highest BCUT2D eigenvalue weighted by molar-refractivity contribution is 6.36. The first-order valence-corrected chi connectivity index (χ1v) is 12.2. The van der Waals surface area contributed by atoms with Crippen LogP contribution in [0.1, 0.15) is 22.3 Å². The van der Waals surface area contributed by atoms with Gasteiger partial charge in [-0.15, -0.1) is 0 Å². The molecule has 0 aromatic heterocycles. The van der Waals surface area contributed by atoms with E-state index >= 15 is 0 Å². The van der Waals surface area contributed by atoms with E-state index in [1.165, 1.54) is 7.11 Å². The van der Waals surface area contributed by atoms with Crippen molar-refractivity contribution in [1.82, 2.24) is 5.32 Å². The van der Waals surface area contributed by atoms with Gasteiger partial charge in [0.25, 0.3) is 0 Å². The lowest BCUT2D eigenvalue weighted by molar-refractivity contribution is -0.145. The summed E-state index contributed by atoms with van der Waals surface area (Å²) >= 11 is 12.8. The average Bonchev–Trinajstić information content (AvgIpc) is 2.92. The molecule has 0 heterocycles. The third-order valence-electron chi connectivity index (χ3n) is 6.22. The van der Waals surface area contributed by atoms with Gasteiger partial charge in [-0.2, -0.15) is 0 Å². The molecule has 1 N–H and O–H groups in total. The fourth-order valence-electron chi connectivity index (χ4n) is 4.49. The fourth-order valence-corrected chi connectivity index (χ4v) is 5.04. The standard InChI is InChI=1S/C30H25Cl2NO3/c1-36-28(34)27(20-24-25(31)18-11-19-26(24)32)33-29(35)30(21-12-5-2-6-13-21,22-14-7-3-8-15-22)23-16-9-4-10-17-23/h2-19,27H,20H2,1H3,(H,33,35)/t27-/m1/s1. The highest BCUT2D eigenvalue weighted by Gasteiger charge is 2.45. The van der Waals surface area contributed by atoms with E-state index in [-0.39, 0.29) is 12.3 Å². The molecule has 0 saturated heterocycles. The first kappa shape index (κ1) is 25.5. The number of carbonyl (C=O) groups is 2. The van der Waals surface area contributed by atoms with E-state index in [9.17, 15) is 9.59 Å². The van der Waals surface area contributed by atoms with Crippen LogP contribution in [0.3, 0.4) is 0 Å². The van der Waals surface area contributed by atoms with Crippen LogP contribution < -0.4 is 5.32 Å². The molecule has 0 unspecified atom stereocenters. The molecule has 0 spiro atoms. The summed E-state index contributed by atoms with van der Waals surface area (Å²) in [5.41, 5.74) is 1.61. The van der Waals surface area contributed by atoms with Gasteiger partial charge in [-0.25, -0.2) is 4.79 Å². The number of benzene rings is 4. The Bertz CT molecular complexity index is 1210. The maximum atomic E-state index is 14.5. The lowest BCUT2D eigenvalue weighted by Crippen LogP contribution is -2.52. The molecule has 4 aromatic carbocycles. The summed E-state index contributed by atoms with van der Waals surface area (Å²) in [4.78, 5) is 27.4. The molecule has 4 rings (SSSR count). The molecule has 0 radical (unpaired) electrons. The minimum Gasteiger partial charge on any atom is -0.467 e. The Morgan fingerprint density at radius 2 is 1.14 bits per heavy atom. The SMILES string of the molecule is COC(=O)[C@@H](Cc1c(Cl)cccc1Cl)NC(=O)C(c1ccccc1)(c1ccccc1)c1ccccc1. The van der Waals surface area contributed by atoms with Crippen LogP contribution in [0.25, 0.3) is 0 Å². The zero-order valence-corrected chi connectivity index (χ0v) is 21.2. The Labute approximate surface area is 220 Å². The highest BCUT2D eigenvalue weighted by atomic mass is 35.5. The first-order valence-electron chi connectivity index (χ1n) is 11.5. The van der Waals surface area contributed by atoms with E-state index in [2.05, 4.69) is 5.32 Å². The Kier molecular flexibility index (Phi) is 8.09. The van der Waals surface area contributed by atoms with Crippen molar-refractivity contribution in [2.24, 2.45) is 0 Å². The summed E-state index contributed by atoms with van der Waals surface area (Å²) in [6.45, 7) is 0. The lowest BCUT2D eigenvalue weighted by Gasteiger charge is -2.35. The van der Waals surface area contributed by atoms with Crippen molar-refractivity contribution < 1.29 is 14.3 Å². The maximum Gasteiger partial charge on any atom is 0.328 e. The first-order chi connectivity index (χ1) is 17.5. The van der Waals surface area contributed by atoms with Crippen LogP contribution in [0.15, 0.2) is 109 Å². The predicted molar refractivity (Wildman–Crippen MR) is 143 cm³/mol. The van der Waals surface area contributed by atoms with Gasteiger partial charge in [0.15, 0.2) is 0 Å². The molecule has 0 aliphatic carbocycles. The summed E-state index contributed by atoms with van der Waals surface area (Å²) in [6, 6.07) is 32.7. The van der Waals surface area contributed by atoms with Gasteiger partial charge in [0, 0.05) is 16.5 Å². The zero-order chi connectivity index (χ0) is 25.5. The van der Waals surface area contributed by atoms with Gasteiger partial charge < -0.3 is 10.1 Å². The van der Waals surface area contributed by atoms with Gasteiger partial charge in [0.2, 0.25) is 5.91 Å². The quantitative estimate of drug-likeness (QED) is 0.222. The van der Waals surface area contributed by atoms with Crippen molar-refractivity contribution in [1.29, 1.82) is 0 Å². The fraction of sp³-hybridized carbons (Fsp3) is 0.133. The molecule has 36 heavy (non-hydrogen) atoms. The van der Waals surface area contributed by atoms with Crippen molar-refractivity contribution in [2.45, 2.75) is 17.9 Å². The molecule has 0 saturated carbocycles. The predicted octanol–water partition coefficient (Wildman–Crippen LogP) is 6.23. The Balaban J connectivity index is 1.87. The molecule has 6 heteroatoms. The Morgan fingerprint density at radius 1 is 0.722 bits per heavy atom. The number of methoxy groups -OCH3 is 1. The van der Waals surface area contributed by atoms with Crippen LogP contribution in [0.2, 0.25) is 10.0 Å². The largest absolute Gasteiger partial charge is 0.467 e. The summed E-state index contributed by atoms with van der Waals surface area (Å²) in [7, 11) is 1.29. The second-order valence-electron chi connectivity index (χ2n) is 8.30. The summed E-state index contributed by atoms with van der Waals surface area (Å²) in [5.74, 6) is -0.966. The van der Waals surface area contributed by atoms with E-state index < -0.39 is 17.4 Å². The number of halogens is 2. The number of amides is 1. The van der Waals surface area contributed by atoms with Gasteiger partial charge >= 0.3 is 5.97 Å². The molecule has 0 fully saturated rings. The van der Waals surface area contributed by atoms with Crippen LogP contribution in [-0.4, -0.2) is 25.0 Å². The van der Waals surface area contributed by atoms with Gasteiger partial charge in [-0.1, -0.05) is 120 Å². The minimum atomic E-state index is -1.24. The van der Waals surface area contributed by atoms with E-state index in [4.69, 9.17) is 27.9 Å². The van der Waals surface area contributed by atoms with Crippen molar-refractivity contribution >= 4 is 35.1 Å². The van der Waals surface area contributed by atoms with Crippen molar-refractivity contribution in [3.63, 3.8) is 0 Å². The normalized spacial score (nSPS) is 12.0. The number of hydrogen-bond donors (Lipinski definition) is 1. The van der Waals surface area contributed by atoms with Crippen molar-refractivity contribution in [2.75, 3.05) is 7.11 Å². The second-order valence-corrected chi connectivity index (χ2v) is 9.12. The monoisotopic (exact) mass is 517 g/mol. The van der Waals surface area contributed by atoms with Crippen molar-refractivity contribution in [3.05, 3.63) is 141 Å². The minimum absolute atomic E-state index is 0.0748. The van der Waals surface area contributed by atoms with Gasteiger partial charge in [0.1, 0.15) is 11.5 Å². The molecule has 4 nitrogen and oxygen atoms in total. The molecular formula is C30H25Cl2NO3. The van der Waals surface area contributed by atoms with Crippen LogP contribution in [0, 0.1) is 0 Å². The molecule has 1 atom stereocenters. The van der Waals surface area contributed by atoms with Crippen LogP contribution in [0.4, 0.5) is 0 Å². The molecule has 4 aromatic rings. The number of nitrogens with one attached hydrogen (secondary N) is 1. The number of esters is 1. The van der Waals surface area contributed by atoms with Gasteiger partial charge in [-0.3, -0.25) is 4.79 Å². The summed E-state index contributed by atoms with van der Waals surface area (Å²) < 4.78 is 5.06. The topological polar surface area (TPSA) is 55.4 Å². The molecule has 0 aliphatic rings. The number of hydrogen-bond acceptors (Lipinski definition) is 3. The number of carbonyl (C=O) groups excluding carboxylic acids is 2. The zero-order valence-electron chi connectivity index (χ0n) is 19.7. The van der Waals surface area contributed by atoms with Crippen molar-refractivity contribution in [3.8, 4) is 0 Å². The Hall–Kier alpha value is -3.60. The van der Waals surface area contributed by atoms with Gasteiger partial charge in [-0.05, 0) is 34.4 Å². The lowest BCUT2D eigenvalue weighted by atomic mass is 9.68. The molecule has 0 aliphatic heterocycles. The van der Waals surface area contributed by atoms with Crippen LogP contribution in [0.5, 0.6) is 0 Å². The van der Waals surface area contributed by atoms with E-state index in [1.807, 2.05) is 91.0 Å². The maximum absolute atomic E-state index is 14.5.